The fourth-order valence-electron chi connectivity index (χ4n) is 7.27. The summed E-state index contributed by atoms with van der Waals surface area (Å²) in [6, 6.07) is 14.4. The molecule has 4 N–H and O–H groups in total. The Morgan fingerprint density at radius 3 is 2.46 bits per heavy atom. The Morgan fingerprint density at radius 2 is 1.71 bits per heavy atom. The lowest BCUT2D eigenvalue weighted by molar-refractivity contribution is -0.138. The molecule has 0 aliphatic carbocycles. The van der Waals surface area contributed by atoms with E-state index in [-0.39, 0.29) is 42.2 Å². The molecule has 0 radical (unpaired) electrons. The standard InChI is InChI=1S/C41H43F3N12O6S/c1-54(63(2,61)62)36-26(11-8-19-45-36)21-46-35-31(41(42,43)44)22-47-40(51-35)49-28-15-13-27(14-16-28)48-37(58)32-24-55(53-52-32)20-6-4-3-5-9-25-10-7-12-29-30(25)23-56(39(29)60)33-17-18-34(57)50-38(33)59/h7-8,10-16,19,22,24,33H,3-6,9,17-18,20-21,23H2,1-2H3,(H,48,58)(H,50,57,59)(H2,46,47,49,51). The Labute approximate surface area is 359 Å². The van der Waals surface area contributed by atoms with Crippen molar-refractivity contribution >= 4 is 62.6 Å². The second-order valence-corrected chi connectivity index (χ2v) is 17.1. The van der Waals surface area contributed by atoms with Gasteiger partial charge in [-0.1, -0.05) is 36.3 Å². The number of imide groups is 1. The van der Waals surface area contributed by atoms with Crippen LogP contribution in [-0.2, 0) is 51.8 Å². The first-order valence-electron chi connectivity index (χ1n) is 19.9. The van der Waals surface area contributed by atoms with Gasteiger partial charge >= 0.3 is 6.18 Å². The van der Waals surface area contributed by atoms with Crippen molar-refractivity contribution in [2.24, 2.45) is 0 Å². The number of carbonyl (C=O) groups excluding carboxylic acids is 4. The minimum atomic E-state index is -4.79. The lowest BCUT2D eigenvalue weighted by Crippen LogP contribution is -2.52. The summed E-state index contributed by atoms with van der Waals surface area (Å²) in [5.41, 5.74) is 2.72. The van der Waals surface area contributed by atoms with E-state index in [1.807, 2.05) is 12.1 Å². The molecule has 7 rings (SSSR count). The molecule has 0 saturated carbocycles. The first-order chi connectivity index (χ1) is 30.0. The number of sulfonamides is 1. The van der Waals surface area contributed by atoms with Gasteiger partial charge in [0.25, 0.3) is 11.8 Å². The van der Waals surface area contributed by atoms with Crippen molar-refractivity contribution in [1.29, 1.82) is 0 Å². The van der Waals surface area contributed by atoms with Crippen molar-refractivity contribution in [2.45, 2.75) is 76.8 Å². The van der Waals surface area contributed by atoms with Crippen LogP contribution in [0.3, 0.4) is 0 Å². The minimum Gasteiger partial charge on any atom is -0.365 e. The van der Waals surface area contributed by atoms with Gasteiger partial charge in [-0.15, -0.1) is 5.10 Å². The number of aromatic nitrogens is 6. The van der Waals surface area contributed by atoms with E-state index >= 15 is 0 Å². The molecular formula is C41H43F3N12O6S. The Kier molecular flexibility index (Phi) is 13.0. The zero-order valence-electron chi connectivity index (χ0n) is 34.1. The summed E-state index contributed by atoms with van der Waals surface area (Å²) < 4.78 is 68.4. The smallest absolute Gasteiger partial charge is 0.365 e. The zero-order chi connectivity index (χ0) is 44.9. The summed E-state index contributed by atoms with van der Waals surface area (Å²) in [5.74, 6) is -2.09. The van der Waals surface area contributed by atoms with E-state index < -0.39 is 45.4 Å². The molecule has 2 aromatic carbocycles. The molecule has 18 nitrogen and oxygen atoms in total. The highest BCUT2D eigenvalue weighted by Gasteiger charge is 2.40. The number of carbonyl (C=O) groups is 4. The van der Waals surface area contributed by atoms with Crippen LogP contribution in [0.5, 0.6) is 0 Å². The fraction of sp³-hybridized carbons (Fsp3) is 0.341. The molecule has 5 heterocycles. The number of anilines is 5. The minimum absolute atomic E-state index is 0.0439. The topological polar surface area (TPSA) is 226 Å². The van der Waals surface area contributed by atoms with Crippen LogP contribution in [0.15, 0.2) is 73.2 Å². The SMILES string of the molecule is CN(c1ncccc1CNc1nc(Nc2ccc(NC(=O)c3cn(CCCCCCc4cccc5c4CN(C4CCC(=O)NC4=O)C5=O)nn3)cc2)ncc1C(F)(F)F)S(C)(=O)=O. The molecule has 5 aromatic rings. The van der Waals surface area contributed by atoms with Crippen molar-refractivity contribution in [1.82, 2.24) is 40.2 Å². The molecule has 2 aliphatic heterocycles. The van der Waals surface area contributed by atoms with E-state index in [9.17, 15) is 40.8 Å². The number of fused-ring (bicyclic) bond motifs is 1. The van der Waals surface area contributed by atoms with E-state index in [2.05, 4.69) is 46.5 Å². The molecule has 63 heavy (non-hydrogen) atoms. The third-order valence-corrected chi connectivity index (χ3v) is 11.8. The summed E-state index contributed by atoms with van der Waals surface area (Å²) >= 11 is 0. The molecule has 0 bridgehead atoms. The Balaban J connectivity index is 0.869. The Bertz CT molecular complexity index is 2640. The molecule has 22 heteroatoms. The molecule has 1 atom stereocenters. The quantitative estimate of drug-likeness (QED) is 0.0709. The van der Waals surface area contributed by atoms with Gasteiger partial charge in [-0.2, -0.15) is 18.2 Å². The number of amides is 4. The van der Waals surface area contributed by atoms with Crippen LogP contribution in [0.4, 0.5) is 42.1 Å². The largest absolute Gasteiger partial charge is 0.421 e. The lowest BCUT2D eigenvalue weighted by Gasteiger charge is -2.29. The van der Waals surface area contributed by atoms with Crippen LogP contribution in [0.1, 0.15) is 81.6 Å². The summed E-state index contributed by atoms with van der Waals surface area (Å²) in [7, 11) is -2.41. The number of benzene rings is 2. The molecule has 1 fully saturated rings. The number of unbranched alkanes of at least 4 members (excludes halogenated alkanes) is 3. The maximum absolute atomic E-state index is 13.9. The van der Waals surface area contributed by atoms with Crippen LogP contribution in [0.2, 0.25) is 0 Å². The highest BCUT2D eigenvalue weighted by Crippen LogP contribution is 2.35. The lowest BCUT2D eigenvalue weighted by atomic mass is 9.98. The second kappa shape index (κ2) is 18.6. The third kappa shape index (κ3) is 10.6. The van der Waals surface area contributed by atoms with Crippen LogP contribution in [-0.4, -0.2) is 86.2 Å². The highest BCUT2D eigenvalue weighted by molar-refractivity contribution is 7.92. The van der Waals surface area contributed by atoms with E-state index in [4.69, 9.17) is 0 Å². The average Bonchev–Trinajstić information content (AvgIpc) is 3.86. The van der Waals surface area contributed by atoms with Crippen LogP contribution in [0, 0.1) is 0 Å². The number of halogens is 3. The molecule has 330 valence electrons. The van der Waals surface area contributed by atoms with Crippen LogP contribution < -0.4 is 25.6 Å². The summed E-state index contributed by atoms with van der Waals surface area (Å²) in [6.45, 7) is 0.659. The summed E-state index contributed by atoms with van der Waals surface area (Å²) in [6.07, 6.45) is 4.54. The normalized spacial score (nSPS) is 15.2. The number of alkyl halides is 3. The molecule has 0 spiro atoms. The first-order valence-corrected chi connectivity index (χ1v) is 21.8. The number of rotatable bonds is 17. The van der Waals surface area contributed by atoms with Crippen molar-refractivity contribution in [3.8, 4) is 0 Å². The number of aryl methyl sites for hydroxylation is 2. The number of nitrogens with one attached hydrogen (secondary N) is 4. The molecule has 3 aromatic heterocycles. The Morgan fingerprint density at radius 1 is 0.968 bits per heavy atom. The zero-order valence-corrected chi connectivity index (χ0v) is 35.0. The maximum Gasteiger partial charge on any atom is 0.421 e. The highest BCUT2D eigenvalue weighted by atomic mass is 32.2. The molecule has 1 saturated heterocycles. The summed E-state index contributed by atoms with van der Waals surface area (Å²) in [5, 5.41) is 18.6. The third-order valence-electron chi connectivity index (χ3n) is 10.6. The van der Waals surface area contributed by atoms with Gasteiger partial charge in [0.1, 0.15) is 23.2 Å². The summed E-state index contributed by atoms with van der Waals surface area (Å²) in [4.78, 5) is 63.6. The van der Waals surface area contributed by atoms with Gasteiger partial charge in [0.15, 0.2) is 5.69 Å². The number of piperidine rings is 1. The predicted molar refractivity (Wildman–Crippen MR) is 224 cm³/mol. The van der Waals surface area contributed by atoms with Gasteiger partial charge in [0.05, 0.1) is 12.5 Å². The first kappa shape index (κ1) is 44.1. The predicted octanol–water partition coefficient (Wildman–Crippen LogP) is 5.05. The number of pyridine rings is 1. The van der Waals surface area contributed by atoms with E-state index in [0.717, 1.165) is 53.8 Å². The maximum atomic E-state index is 13.9. The van der Waals surface area contributed by atoms with Crippen LogP contribution in [0.25, 0.3) is 0 Å². The van der Waals surface area contributed by atoms with Crippen molar-refractivity contribution < 1.29 is 40.8 Å². The van der Waals surface area contributed by atoms with Gasteiger partial charge in [0, 0.05) is 68.0 Å². The van der Waals surface area contributed by atoms with Crippen molar-refractivity contribution in [2.75, 3.05) is 33.6 Å². The van der Waals surface area contributed by atoms with E-state index in [0.29, 0.717) is 48.2 Å². The number of nitrogens with zero attached hydrogens (tertiary/aromatic N) is 8. The van der Waals surface area contributed by atoms with Gasteiger partial charge < -0.3 is 20.9 Å². The second-order valence-electron chi connectivity index (χ2n) is 15.1. The molecular weight excluding hydrogens is 846 g/mol. The molecule has 1 unspecified atom stereocenters. The van der Waals surface area contributed by atoms with Crippen molar-refractivity contribution in [3.63, 3.8) is 0 Å². The fourth-order valence-corrected chi connectivity index (χ4v) is 7.75. The number of hydrogen-bond donors (Lipinski definition) is 4. The molecule has 4 amide bonds. The van der Waals surface area contributed by atoms with E-state index in [1.165, 1.54) is 25.4 Å². The van der Waals surface area contributed by atoms with Crippen molar-refractivity contribution in [3.05, 3.63) is 107 Å². The Hall–Kier alpha value is -6.97. The number of hydrogen-bond acceptors (Lipinski definition) is 13. The van der Waals surface area contributed by atoms with Gasteiger partial charge in [-0.3, -0.25) is 33.5 Å². The van der Waals surface area contributed by atoms with E-state index in [1.54, 1.807) is 46.1 Å². The molecule has 2 aliphatic rings. The van der Waals surface area contributed by atoms with Gasteiger partial charge in [-0.25, -0.2) is 18.4 Å². The van der Waals surface area contributed by atoms with Gasteiger partial charge in [-0.05, 0) is 73.2 Å². The van der Waals surface area contributed by atoms with Crippen LogP contribution >= 0.6 is 0 Å². The van der Waals surface area contributed by atoms with Gasteiger partial charge in [0.2, 0.25) is 27.8 Å². The monoisotopic (exact) mass is 888 g/mol. The average molecular weight is 889 g/mol.